The molecule has 0 N–H and O–H groups in total. The van der Waals surface area contributed by atoms with Crippen LogP contribution in [0.3, 0.4) is 0 Å². The van der Waals surface area contributed by atoms with E-state index in [2.05, 4.69) is 11.2 Å². The molecule has 18 heavy (non-hydrogen) atoms. The molecule has 0 unspecified atom stereocenters. The maximum Gasteiger partial charge on any atom is 0.223 e. The van der Waals surface area contributed by atoms with Crippen molar-refractivity contribution in [3.05, 3.63) is 18.5 Å². The summed E-state index contributed by atoms with van der Waals surface area (Å²) in [5.41, 5.74) is 0. The number of hydrogen-bond acceptors (Lipinski definition) is 3. The van der Waals surface area contributed by atoms with E-state index >= 15 is 0 Å². The van der Waals surface area contributed by atoms with Crippen molar-refractivity contribution >= 4 is 5.91 Å². The lowest BCUT2D eigenvalue weighted by Crippen LogP contribution is -2.40. The highest BCUT2D eigenvalue weighted by molar-refractivity contribution is 5.76. The van der Waals surface area contributed by atoms with Crippen molar-refractivity contribution in [3.63, 3.8) is 0 Å². The second-order valence-corrected chi connectivity index (χ2v) is 5.09. The van der Waals surface area contributed by atoms with Gasteiger partial charge in [0.05, 0.1) is 12.2 Å². The van der Waals surface area contributed by atoms with Gasteiger partial charge in [-0.05, 0) is 26.9 Å². The Labute approximate surface area is 108 Å². The fourth-order valence-electron chi connectivity index (χ4n) is 2.30. The molecule has 99 valence electrons. The summed E-state index contributed by atoms with van der Waals surface area (Å²) >= 11 is 0. The van der Waals surface area contributed by atoms with Gasteiger partial charge in [0, 0.05) is 38.3 Å². The van der Waals surface area contributed by atoms with Crippen LogP contribution in [0.4, 0.5) is 0 Å². The van der Waals surface area contributed by atoms with Crippen LogP contribution < -0.4 is 0 Å². The average molecular weight is 249 g/mol. The van der Waals surface area contributed by atoms with Crippen molar-refractivity contribution in [3.8, 4) is 0 Å². The highest BCUT2D eigenvalue weighted by Gasteiger charge is 2.23. The van der Waals surface area contributed by atoms with E-state index in [1.165, 1.54) is 0 Å². The van der Waals surface area contributed by atoms with Gasteiger partial charge in [0.15, 0.2) is 0 Å². The van der Waals surface area contributed by atoms with Gasteiger partial charge >= 0.3 is 0 Å². The Hall–Kier alpha value is -1.36. The molecule has 0 saturated carbocycles. The zero-order chi connectivity index (χ0) is 13.0. The number of carbonyl (C=O) groups is 1. The first-order chi connectivity index (χ1) is 8.66. The summed E-state index contributed by atoms with van der Waals surface area (Å²) in [5, 5.41) is 4.22. The SMILES string of the molecule is CN(C)CCC(=O)N1CCC(n2c[c]cn2)CC1. The number of amides is 1. The van der Waals surface area contributed by atoms with Crippen LogP contribution in [0.25, 0.3) is 0 Å². The van der Waals surface area contributed by atoms with Gasteiger partial charge in [-0.1, -0.05) is 0 Å². The molecule has 0 bridgehead atoms. The molecule has 1 amide bonds. The molecule has 2 rings (SSSR count). The van der Waals surface area contributed by atoms with Crippen LogP contribution in [0.1, 0.15) is 25.3 Å². The zero-order valence-electron chi connectivity index (χ0n) is 11.2. The van der Waals surface area contributed by atoms with E-state index in [9.17, 15) is 4.79 Å². The maximum atomic E-state index is 12.0. The summed E-state index contributed by atoms with van der Waals surface area (Å²) < 4.78 is 1.96. The van der Waals surface area contributed by atoms with E-state index in [0.717, 1.165) is 32.5 Å². The minimum absolute atomic E-state index is 0.272. The first kappa shape index (κ1) is 13.1. The fourth-order valence-corrected chi connectivity index (χ4v) is 2.30. The Balaban J connectivity index is 1.78. The van der Waals surface area contributed by atoms with Gasteiger partial charge in [0.25, 0.3) is 0 Å². The first-order valence-corrected chi connectivity index (χ1v) is 6.49. The Morgan fingerprint density at radius 2 is 2.17 bits per heavy atom. The van der Waals surface area contributed by atoms with E-state index < -0.39 is 0 Å². The second-order valence-electron chi connectivity index (χ2n) is 5.09. The minimum Gasteiger partial charge on any atom is -0.343 e. The molecule has 1 aliphatic rings. The summed E-state index contributed by atoms with van der Waals surface area (Å²) in [4.78, 5) is 16.0. The largest absolute Gasteiger partial charge is 0.343 e. The predicted octanol–water partition coefficient (Wildman–Crippen LogP) is 0.798. The van der Waals surface area contributed by atoms with Gasteiger partial charge in [0.1, 0.15) is 0 Å². The molecule has 0 aliphatic carbocycles. The van der Waals surface area contributed by atoms with E-state index in [4.69, 9.17) is 0 Å². The molecule has 1 fully saturated rings. The molecule has 0 aromatic carbocycles. The highest BCUT2D eigenvalue weighted by Crippen LogP contribution is 2.21. The molecular weight excluding hydrogens is 228 g/mol. The van der Waals surface area contributed by atoms with Gasteiger partial charge in [0.2, 0.25) is 5.91 Å². The van der Waals surface area contributed by atoms with E-state index in [1.54, 1.807) is 6.20 Å². The first-order valence-electron chi connectivity index (χ1n) is 6.49. The van der Waals surface area contributed by atoms with Gasteiger partial charge < -0.3 is 9.80 Å². The van der Waals surface area contributed by atoms with Crippen molar-refractivity contribution in [1.29, 1.82) is 0 Å². The van der Waals surface area contributed by atoms with Crippen molar-refractivity contribution < 1.29 is 4.79 Å². The number of piperidine rings is 1. The van der Waals surface area contributed by atoms with Gasteiger partial charge in [-0.15, -0.1) is 0 Å². The molecule has 1 saturated heterocycles. The third-order valence-corrected chi connectivity index (χ3v) is 3.44. The maximum absolute atomic E-state index is 12.0. The lowest BCUT2D eigenvalue weighted by atomic mass is 10.0. The van der Waals surface area contributed by atoms with Crippen molar-refractivity contribution in [2.24, 2.45) is 0 Å². The number of hydrogen-bond donors (Lipinski definition) is 0. The number of likely N-dealkylation sites (tertiary alicyclic amines) is 1. The Kier molecular flexibility index (Phi) is 4.36. The lowest BCUT2D eigenvalue weighted by molar-refractivity contribution is -0.132. The number of carbonyl (C=O) groups excluding carboxylic acids is 1. The van der Waals surface area contributed by atoms with E-state index in [1.807, 2.05) is 34.8 Å². The summed E-state index contributed by atoms with van der Waals surface area (Å²) in [6.07, 6.45) is 6.17. The fraction of sp³-hybridized carbons (Fsp3) is 0.692. The van der Waals surface area contributed by atoms with Crippen LogP contribution in [-0.2, 0) is 4.79 Å². The Bertz CT molecular complexity index is 366. The summed E-state index contributed by atoms with van der Waals surface area (Å²) in [6, 6.07) is 3.38. The summed E-state index contributed by atoms with van der Waals surface area (Å²) in [5.74, 6) is 0.272. The molecule has 1 aliphatic heterocycles. The van der Waals surface area contributed by atoms with Crippen molar-refractivity contribution in [2.75, 3.05) is 33.7 Å². The van der Waals surface area contributed by atoms with Crippen LogP contribution >= 0.6 is 0 Å². The molecule has 5 nitrogen and oxygen atoms in total. The predicted molar refractivity (Wildman–Crippen MR) is 69.1 cm³/mol. The molecule has 0 atom stereocenters. The quantitative estimate of drug-likeness (QED) is 0.792. The summed E-state index contributed by atoms with van der Waals surface area (Å²) in [7, 11) is 3.99. The highest BCUT2D eigenvalue weighted by atomic mass is 16.2. The third kappa shape index (κ3) is 3.32. The van der Waals surface area contributed by atoms with Gasteiger partial charge in [-0.25, -0.2) is 0 Å². The van der Waals surface area contributed by atoms with Crippen LogP contribution in [0, 0.1) is 6.07 Å². The lowest BCUT2D eigenvalue weighted by Gasteiger charge is -2.32. The van der Waals surface area contributed by atoms with Crippen LogP contribution in [0.15, 0.2) is 12.4 Å². The zero-order valence-corrected chi connectivity index (χ0v) is 11.2. The standard InChI is InChI=1S/C13H21N4O/c1-15(2)9-6-13(18)16-10-4-12(5-11-16)17-8-3-7-14-17/h7-8,12H,4-6,9-11H2,1-2H3. The molecule has 1 aromatic heterocycles. The smallest absolute Gasteiger partial charge is 0.223 e. The summed E-state index contributed by atoms with van der Waals surface area (Å²) in [6.45, 7) is 2.51. The number of rotatable bonds is 4. The van der Waals surface area contributed by atoms with Crippen molar-refractivity contribution in [1.82, 2.24) is 19.6 Å². The van der Waals surface area contributed by atoms with Gasteiger partial charge in [-0.2, -0.15) is 5.10 Å². The third-order valence-electron chi connectivity index (χ3n) is 3.44. The topological polar surface area (TPSA) is 41.4 Å². The molecular formula is C13H21N4O. The monoisotopic (exact) mass is 249 g/mol. The van der Waals surface area contributed by atoms with E-state index in [-0.39, 0.29) is 5.91 Å². The Morgan fingerprint density at radius 1 is 1.44 bits per heavy atom. The molecule has 2 heterocycles. The number of aromatic nitrogens is 2. The average Bonchev–Trinajstić information content (AvgIpc) is 2.90. The second kappa shape index (κ2) is 6.00. The minimum atomic E-state index is 0.272. The van der Waals surface area contributed by atoms with E-state index in [0.29, 0.717) is 12.5 Å². The Morgan fingerprint density at radius 3 is 2.72 bits per heavy atom. The molecule has 0 spiro atoms. The van der Waals surface area contributed by atoms with Gasteiger partial charge in [-0.3, -0.25) is 9.48 Å². The van der Waals surface area contributed by atoms with Crippen LogP contribution in [-0.4, -0.2) is 59.2 Å². The number of nitrogens with zero attached hydrogens (tertiary/aromatic N) is 4. The van der Waals surface area contributed by atoms with Crippen LogP contribution in [0.5, 0.6) is 0 Å². The molecule has 5 heteroatoms. The van der Waals surface area contributed by atoms with Crippen molar-refractivity contribution in [2.45, 2.75) is 25.3 Å². The molecule has 1 radical (unpaired) electrons. The normalized spacial score (nSPS) is 17.4. The van der Waals surface area contributed by atoms with Crippen LogP contribution in [0.2, 0.25) is 0 Å². The molecule has 1 aromatic rings.